The third kappa shape index (κ3) is 3.42. The van der Waals surface area contributed by atoms with Crippen LogP contribution in [0.2, 0.25) is 0 Å². The Bertz CT molecular complexity index is 395. The van der Waals surface area contributed by atoms with Gasteiger partial charge in [0.25, 0.3) is 0 Å². The minimum absolute atomic E-state index is 0.140. The van der Waals surface area contributed by atoms with Crippen LogP contribution in [0.1, 0.15) is 56.6 Å². The fourth-order valence-corrected chi connectivity index (χ4v) is 4.31. The summed E-state index contributed by atoms with van der Waals surface area (Å²) in [4.78, 5) is 0. The fraction of sp³-hybridized carbons (Fsp3) is 0.750. The molecule has 4 heteroatoms. The van der Waals surface area contributed by atoms with Gasteiger partial charge in [-0.1, -0.05) is 19.3 Å². The molecule has 0 radical (unpaired) electrons. The van der Waals surface area contributed by atoms with Gasteiger partial charge >= 0.3 is 0 Å². The van der Waals surface area contributed by atoms with E-state index in [1.165, 1.54) is 32.1 Å². The second-order valence-electron chi connectivity index (χ2n) is 6.26. The van der Waals surface area contributed by atoms with Gasteiger partial charge in [0.2, 0.25) is 0 Å². The van der Waals surface area contributed by atoms with Crippen molar-refractivity contribution < 1.29 is 9.84 Å². The zero-order valence-electron chi connectivity index (χ0n) is 12.0. The van der Waals surface area contributed by atoms with Crippen molar-refractivity contribution in [2.75, 3.05) is 13.2 Å². The number of hydrogen-bond donors (Lipinski definition) is 2. The van der Waals surface area contributed by atoms with Crippen molar-refractivity contribution in [3.05, 3.63) is 22.4 Å². The van der Waals surface area contributed by atoms with Crippen LogP contribution in [0.5, 0.6) is 0 Å². The van der Waals surface area contributed by atoms with E-state index in [0.29, 0.717) is 12.6 Å². The number of hydrogen-bond acceptors (Lipinski definition) is 4. The predicted octanol–water partition coefficient (Wildman–Crippen LogP) is 3.25. The highest BCUT2D eigenvalue weighted by atomic mass is 32.1. The van der Waals surface area contributed by atoms with Crippen LogP contribution in [0.4, 0.5) is 0 Å². The quantitative estimate of drug-likeness (QED) is 0.896. The fourth-order valence-electron chi connectivity index (χ4n) is 3.61. The normalized spacial score (nSPS) is 27.6. The molecule has 1 aliphatic heterocycles. The number of ether oxygens (including phenoxy) is 1. The summed E-state index contributed by atoms with van der Waals surface area (Å²) in [5.74, 6) is 0. The lowest BCUT2D eigenvalue weighted by molar-refractivity contribution is -0.109. The van der Waals surface area contributed by atoms with Gasteiger partial charge < -0.3 is 15.2 Å². The minimum Gasteiger partial charge on any atom is -0.387 e. The van der Waals surface area contributed by atoms with Crippen molar-refractivity contribution in [2.45, 2.75) is 62.7 Å². The molecular formula is C16H25NO2S. The zero-order valence-corrected chi connectivity index (χ0v) is 12.8. The highest BCUT2D eigenvalue weighted by Gasteiger charge is 2.38. The van der Waals surface area contributed by atoms with Gasteiger partial charge in [0.15, 0.2) is 0 Å². The van der Waals surface area contributed by atoms with Crippen LogP contribution in [-0.2, 0) is 4.74 Å². The Hall–Kier alpha value is -0.420. The highest BCUT2D eigenvalue weighted by molar-refractivity contribution is 7.07. The third-order valence-corrected chi connectivity index (χ3v) is 5.49. The summed E-state index contributed by atoms with van der Waals surface area (Å²) in [5, 5.41) is 17.8. The van der Waals surface area contributed by atoms with E-state index in [1.807, 2.05) is 16.8 Å². The molecule has 1 aromatic rings. The van der Waals surface area contributed by atoms with Crippen molar-refractivity contribution in [1.82, 2.24) is 5.32 Å². The minimum atomic E-state index is -0.383. The average molecular weight is 295 g/mol. The van der Waals surface area contributed by atoms with E-state index in [0.717, 1.165) is 25.0 Å². The molecule has 1 saturated carbocycles. The molecule has 2 aliphatic rings. The summed E-state index contributed by atoms with van der Waals surface area (Å²) in [7, 11) is 0. The molecule has 1 aromatic heterocycles. The molecule has 2 N–H and O–H groups in total. The van der Waals surface area contributed by atoms with E-state index in [-0.39, 0.29) is 11.7 Å². The summed E-state index contributed by atoms with van der Waals surface area (Å²) in [6, 6.07) is 2.50. The number of nitrogens with one attached hydrogen (secondary N) is 1. The lowest BCUT2D eigenvalue weighted by atomic mass is 9.78. The molecule has 1 spiro atoms. The van der Waals surface area contributed by atoms with Crippen molar-refractivity contribution in [3.63, 3.8) is 0 Å². The molecule has 0 bridgehead atoms. The second-order valence-corrected chi connectivity index (χ2v) is 7.04. The van der Waals surface area contributed by atoms with Crippen LogP contribution in [-0.4, -0.2) is 29.9 Å². The Balaban J connectivity index is 1.50. The van der Waals surface area contributed by atoms with Crippen molar-refractivity contribution in [1.29, 1.82) is 0 Å². The van der Waals surface area contributed by atoms with E-state index in [9.17, 15) is 5.11 Å². The maximum Gasteiger partial charge on any atom is 0.0922 e. The number of aliphatic hydroxyl groups is 1. The van der Waals surface area contributed by atoms with E-state index >= 15 is 0 Å². The van der Waals surface area contributed by atoms with E-state index < -0.39 is 0 Å². The molecule has 1 saturated heterocycles. The van der Waals surface area contributed by atoms with E-state index in [1.54, 1.807) is 11.3 Å². The van der Waals surface area contributed by atoms with Crippen LogP contribution >= 0.6 is 11.3 Å². The number of rotatable bonds is 4. The van der Waals surface area contributed by atoms with Crippen LogP contribution in [0.15, 0.2) is 16.8 Å². The predicted molar refractivity (Wildman–Crippen MR) is 82.1 cm³/mol. The van der Waals surface area contributed by atoms with Crippen LogP contribution in [0.25, 0.3) is 0 Å². The summed E-state index contributed by atoms with van der Waals surface area (Å²) < 4.78 is 6.11. The van der Waals surface area contributed by atoms with Crippen LogP contribution in [0, 0.1) is 0 Å². The van der Waals surface area contributed by atoms with Gasteiger partial charge in [-0.05, 0) is 48.1 Å². The molecule has 2 atom stereocenters. The molecule has 2 heterocycles. The van der Waals surface area contributed by atoms with Gasteiger partial charge in [-0.25, -0.2) is 0 Å². The van der Waals surface area contributed by atoms with Gasteiger partial charge in [0.1, 0.15) is 0 Å². The zero-order chi connectivity index (χ0) is 13.8. The Morgan fingerprint density at radius 2 is 2.25 bits per heavy atom. The van der Waals surface area contributed by atoms with Gasteiger partial charge in [0.05, 0.1) is 11.7 Å². The molecule has 0 amide bonds. The van der Waals surface area contributed by atoms with Gasteiger partial charge in [-0.2, -0.15) is 11.3 Å². The average Bonchev–Trinajstić information content (AvgIpc) is 3.00. The Morgan fingerprint density at radius 1 is 1.40 bits per heavy atom. The molecule has 0 aromatic carbocycles. The summed E-state index contributed by atoms with van der Waals surface area (Å²) in [6.07, 6.45) is 8.22. The Kier molecular flexibility index (Phi) is 4.76. The van der Waals surface area contributed by atoms with E-state index in [2.05, 4.69) is 5.32 Å². The topological polar surface area (TPSA) is 41.5 Å². The summed E-state index contributed by atoms with van der Waals surface area (Å²) >= 11 is 1.64. The summed E-state index contributed by atoms with van der Waals surface area (Å²) in [6.45, 7) is 1.52. The second kappa shape index (κ2) is 6.56. The molecule has 112 valence electrons. The van der Waals surface area contributed by atoms with Crippen LogP contribution in [0.3, 0.4) is 0 Å². The highest BCUT2D eigenvalue weighted by Crippen LogP contribution is 2.38. The smallest absolute Gasteiger partial charge is 0.0922 e. The van der Waals surface area contributed by atoms with Crippen molar-refractivity contribution in [3.8, 4) is 0 Å². The molecule has 2 unspecified atom stereocenters. The molecular weight excluding hydrogens is 270 g/mol. The standard InChI is InChI=1S/C16H25NO2S/c18-15(13-5-9-20-12-13)11-17-14-4-8-19-16(10-14)6-2-1-3-7-16/h5,9,12,14-15,17-18H,1-4,6-8,10-11H2. The first-order valence-electron chi connectivity index (χ1n) is 7.85. The molecule has 3 nitrogen and oxygen atoms in total. The molecule has 20 heavy (non-hydrogen) atoms. The van der Waals surface area contributed by atoms with Crippen molar-refractivity contribution >= 4 is 11.3 Å². The Morgan fingerprint density at radius 3 is 3.00 bits per heavy atom. The lowest BCUT2D eigenvalue weighted by Gasteiger charge is -2.44. The lowest BCUT2D eigenvalue weighted by Crippen LogP contribution is -2.48. The maximum absolute atomic E-state index is 10.2. The van der Waals surface area contributed by atoms with Crippen LogP contribution < -0.4 is 5.32 Å². The van der Waals surface area contributed by atoms with E-state index in [4.69, 9.17) is 4.74 Å². The van der Waals surface area contributed by atoms with Gasteiger partial charge in [-0.3, -0.25) is 0 Å². The van der Waals surface area contributed by atoms with Gasteiger partial charge in [-0.15, -0.1) is 0 Å². The first kappa shape index (κ1) is 14.5. The van der Waals surface area contributed by atoms with Gasteiger partial charge in [0, 0.05) is 19.2 Å². The molecule has 2 fully saturated rings. The number of thiophene rings is 1. The molecule has 1 aliphatic carbocycles. The summed E-state index contributed by atoms with van der Waals surface area (Å²) in [5.41, 5.74) is 1.17. The molecule has 3 rings (SSSR count). The monoisotopic (exact) mass is 295 g/mol. The third-order valence-electron chi connectivity index (χ3n) is 4.79. The number of aliphatic hydroxyl groups excluding tert-OH is 1. The van der Waals surface area contributed by atoms with Crippen molar-refractivity contribution in [2.24, 2.45) is 0 Å². The largest absolute Gasteiger partial charge is 0.387 e. The maximum atomic E-state index is 10.2. The SMILES string of the molecule is OC(CNC1CCOC2(CCCCC2)C1)c1ccsc1. The first-order chi connectivity index (χ1) is 9.77. The first-order valence-corrected chi connectivity index (χ1v) is 8.79. The Labute approximate surface area is 125 Å².